The summed E-state index contributed by atoms with van der Waals surface area (Å²) >= 11 is 5.23. The van der Waals surface area contributed by atoms with Crippen molar-refractivity contribution in [2.24, 2.45) is 5.18 Å². The van der Waals surface area contributed by atoms with Gasteiger partial charge in [-0.1, -0.05) is 17.8 Å². The van der Waals surface area contributed by atoms with Crippen LogP contribution in [-0.4, -0.2) is 40.0 Å². The van der Waals surface area contributed by atoms with Crippen molar-refractivity contribution in [3.63, 3.8) is 0 Å². The molecule has 7 heteroatoms. The van der Waals surface area contributed by atoms with E-state index in [1.807, 2.05) is 0 Å². The van der Waals surface area contributed by atoms with Crippen molar-refractivity contribution < 1.29 is 9.18 Å². The van der Waals surface area contributed by atoms with Crippen LogP contribution in [0.25, 0.3) is 0 Å². The van der Waals surface area contributed by atoms with Gasteiger partial charge in [-0.3, -0.25) is 9.69 Å². The molecule has 1 heterocycles. The summed E-state index contributed by atoms with van der Waals surface area (Å²) in [6, 6.07) is 0. The predicted molar refractivity (Wildman–Crippen MR) is 84.0 cm³/mol. The van der Waals surface area contributed by atoms with E-state index < -0.39 is 11.4 Å². The molecule has 0 N–H and O–H groups in total. The molecule has 0 unspecified atom stereocenters. The maximum Gasteiger partial charge on any atom is 0.254 e. The predicted octanol–water partition coefficient (Wildman–Crippen LogP) is 2.90. The van der Waals surface area contributed by atoms with Crippen LogP contribution in [0.2, 0.25) is 0 Å². The monoisotopic (exact) mass is 311 g/mol. The lowest BCUT2D eigenvalue weighted by Crippen LogP contribution is -2.42. The minimum atomic E-state index is -0.856. The molecular weight excluding hydrogens is 293 g/mol. The molecule has 114 valence electrons. The quantitative estimate of drug-likeness (QED) is 0.445. The molecule has 0 atom stereocenters. The van der Waals surface area contributed by atoms with Gasteiger partial charge in [0.25, 0.3) is 5.91 Å². The largest absolute Gasteiger partial charge is 0.304 e. The normalized spacial score (nSPS) is 19.3. The van der Waals surface area contributed by atoms with Crippen molar-refractivity contribution in [1.29, 1.82) is 0 Å². The van der Waals surface area contributed by atoms with Crippen molar-refractivity contribution in [2.45, 2.75) is 26.3 Å². The molecule has 1 rings (SSSR count). The molecule has 0 spiro atoms. The second-order valence-electron chi connectivity index (χ2n) is 5.21. The molecule has 1 aliphatic rings. The Labute approximate surface area is 128 Å². The molecule has 5 nitrogen and oxygen atoms in total. The summed E-state index contributed by atoms with van der Waals surface area (Å²) < 4.78 is 13.2. The lowest BCUT2D eigenvalue weighted by atomic mass is 10.0. The van der Waals surface area contributed by atoms with Crippen LogP contribution >= 0.6 is 12.2 Å². The molecule has 1 fully saturated rings. The van der Waals surface area contributed by atoms with Crippen LogP contribution in [-0.2, 0) is 4.79 Å². The summed E-state index contributed by atoms with van der Waals surface area (Å²) in [4.78, 5) is 25.4. The highest BCUT2D eigenvalue weighted by Gasteiger charge is 2.47. The van der Waals surface area contributed by atoms with E-state index in [1.54, 1.807) is 25.8 Å². The standard InChI is InChI=1S/C14H18FN3O2S/c1-9(6-7-11(8-16-20)10(2)15)18-13(21)17(5)12(19)14(18,3)4/h6-7H,1,8H2,2-5H3/b7-6-,11-10-. The topological polar surface area (TPSA) is 53.0 Å². The van der Waals surface area contributed by atoms with Crippen LogP contribution in [0.5, 0.6) is 0 Å². The molecule has 1 aliphatic heterocycles. The van der Waals surface area contributed by atoms with Crippen molar-refractivity contribution in [3.8, 4) is 0 Å². The van der Waals surface area contributed by atoms with Crippen molar-refractivity contribution in [2.75, 3.05) is 13.6 Å². The van der Waals surface area contributed by atoms with Crippen LogP contribution in [0.3, 0.4) is 0 Å². The van der Waals surface area contributed by atoms with E-state index in [2.05, 4.69) is 11.8 Å². The first kappa shape index (κ1) is 17.2. The zero-order valence-electron chi connectivity index (χ0n) is 12.5. The maximum absolute atomic E-state index is 13.2. The maximum atomic E-state index is 13.2. The zero-order valence-corrected chi connectivity index (χ0v) is 13.3. The second kappa shape index (κ2) is 6.26. The highest BCUT2D eigenvalue weighted by atomic mass is 32.1. The van der Waals surface area contributed by atoms with Gasteiger partial charge in [0, 0.05) is 18.3 Å². The first-order valence-corrected chi connectivity index (χ1v) is 6.69. The summed E-state index contributed by atoms with van der Waals surface area (Å²) in [7, 11) is 1.59. The van der Waals surface area contributed by atoms with E-state index in [-0.39, 0.29) is 18.0 Å². The zero-order chi connectivity index (χ0) is 16.4. The van der Waals surface area contributed by atoms with E-state index >= 15 is 0 Å². The fourth-order valence-corrected chi connectivity index (χ4v) is 2.51. The minimum Gasteiger partial charge on any atom is -0.304 e. The minimum absolute atomic E-state index is 0.144. The number of rotatable bonds is 5. The Morgan fingerprint density at radius 2 is 2.05 bits per heavy atom. The van der Waals surface area contributed by atoms with E-state index in [0.717, 1.165) is 0 Å². The van der Waals surface area contributed by atoms with Gasteiger partial charge in [0.2, 0.25) is 0 Å². The Bertz CT molecular complexity index is 563. The molecule has 0 saturated carbocycles. The summed E-state index contributed by atoms with van der Waals surface area (Å²) in [6.45, 7) is 8.30. The third-order valence-corrected chi connectivity index (χ3v) is 3.76. The number of allylic oxidation sites excluding steroid dienone is 2. The fourth-order valence-electron chi connectivity index (χ4n) is 2.08. The Morgan fingerprint density at radius 1 is 1.48 bits per heavy atom. The summed E-state index contributed by atoms with van der Waals surface area (Å²) in [5, 5.41) is 3.00. The molecule has 1 saturated heterocycles. The Morgan fingerprint density at radius 3 is 2.43 bits per heavy atom. The van der Waals surface area contributed by atoms with Crippen LogP contribution in [0.1, 0.15) is 20.8 Å². The molecule has 0 aromatic carbocycles. The highest BCUT2D eigenvalue weighted by Crippen LogP contribution is 2.30. The third kappa shape index (κ3) is 3.24. The Kier molecular flexibility index (Phi) is 5.11. The number of likely N-dealkylation sites (N-methyl/N-ethyl adjacent to an activating group) is 1. The van der Waals surface area contributed by atoms with Gasteiger partial charge in [-0.05, 0) is 39.1 Å². The number of thiocarbonyl (C=S) groups is 1. The Hall–Kier alpha value is -1.89. The van der Waals surface area contributed by atoms with Gasteiger partial charge in [-0.2, -0.15) is 4.91 Å². The van der Waals surface area contributed by atoms with E-state index in [4.69, 9.17) is 12.2 Å². The Balaban J connectivity index is 3.04. The molecule has 21 heavy (non-hydrogen) atoms. The summed E-state index contributed by atoms with van der Waals surface area (Å²) in [5.74, 6) is -0.635. The smallest absolute Gasteiger partial charge is 0.254 e. The van der Waals surface area contributed by atoms with Crippen LogP contribution in [0.4, 0.5) is 4.39 Å². The van der Waals surface area contributed by atoms with Crippen molar-refractivity contribution in [1.82, 2.24) is 9.80 Å². The number of nitrogens with zero attached hydrogens (tertiary/aromatic N) is 3. The SMILES string of the molecule is C=C(/C=C\C(CN=O)=C(/C)F)N1C(=S)N(C)C(=O)C1(C)C. The second-order valence-corrected chi connectivity index (χ2v) is 5.58. The molecular formula is C14H18FN3O2S. The van der Waals surface area contributed by atoms with E-state index in [0.29, 0.717) is 10.8 Å². The first-order chi connectivity index (χ1) is 9.64. The van der Waals surface area contributed by atoms with Crippen LogP contribution in [0, 0.1) is 4.91 Å². The lowest BCUT2D eigenvalue weighted by Gasteiger charge is -2.29. The number of nitroso groups, excluding NO2 is 1. The van der Waals surface area contributed by atoms with Gasteiger partial charge < -0.3 is 4.90 Å². The van der Waals surface area contributed by atoms with Gasteiger partial charge in [0.1, 0.15) is 17.9 Å². The van der Waals surface area contributed by atoms with Gasteiger partial charge >= 0.3 is 0 Å². The van der Waals surface area contributed by atoms with Crippen molar-refractivity contribution >= 4 is 23.2 Å². The van der Waals surface area contributed by atoms with Gasteiger partial charge in [-0.25, -0.2) is 4.39 Å². The van der Waals surface area contributed by atoms with E-state index in [9.17, 15) is 14.1 Å². The fraction of sp³-hybridized carbons (Fsp3) is 0.429. The molecule has 1 amide bonds. The van der Waals surface area contributed by atoms with Gasteiger partial charge in [-0.15, -0.1) is 0 Å². The third-order valence-electron chi connectivity index (χ3n) is 3.31. The average molecular weight is 311 g/mol. The number of carbonyl (C=O) groups excluding carboxylic acids is 1. The van der Waals surface area contributed by atoms with Crippen molar-refractivity contribution in [3.05, 3.63) is 40.7 Å². The molecule has 0 radical (unpaired) electrons. The molecule has 0 aliphatic carbocycles. The van der Waals surface area contributed by atoms with Crippen LogP contribution in [0.15, 0.2) is 41.0 Å². The number of amides is 1. The first-order valence-electron chi connectivity index (χ1n) is 6.28. The summed E-state index contributed by atoms with van der Waals surface area (Å²) in [6.07, 6.45) is 2.94. The lowest BCUT2D eigenvalue weighted by molar-refractivity contribution is -0.130. The van der Waals surface area contributed by atoms with Crippen LogP contribution < -0.4 is 0 Å². The molecule has 0 aromatic heterocycles. The molecule has 0 aromatic rings. The number of hydrogen-bond acceptors (Lipinski definition) is 4. The number of hydrogen-bond donors (Lipinski definition) is 0. The van der Waals surface area contributed by atoms with E-state index in [1.165, 1.54) is 24.0 Å². The van der Waals surface area contributed by atoms with Gasteiger partial charge in [0.15, 0.2) is 5.11 Å². The average Bonchev–Trinajstić information content (AvgIpc) is 2.54. The highest BCUT2D eigenvalue weighted by molar-refractivity contribution is 7.80. The van der Waals surface area contributed by atoms with Gasteiger partial charge in [0.05, 0.1) is 0 Å². The molecule has 0 bridgehead atoms. The number of halogens is 1. The summed E-state index contributed by atoms with van der Waals surface area (Å²) in [5.41, 5.74) is -0.258. The number of carbonyl (C=O) groups is 1.